The zero-order valence-electron chi connectivity index (χ0n) is 10.3. The summed E-state index contributed by atoms with van der Waals surface area (Å²) < 4.78 is 5.21. The molecule has 1 aliphatic rings. The molecule has 1 fully saturated rings. The first-order valence-electron chi connectivity index (χ1n) is 5.68. The van der Waals surface area contributed by atoms with Gasteiger partial charge in [0.1, 0.15) is 17.6 Å². The van der Waals surface area contributed by atoms with E-state index in [4.69, 9.17) is 9.84 Å². The largest absolute Gasteiger partial charge is 0.477 e. The van der Waals surface area contributed by atoms with Crippen molar-refractivity contribution in [3.8, 4) is 0 Å². The summed E-state index contributed by atoms with van der Waals surface area (Å²) in [5.74, 6) is -0.916. The summed E-state index contributed by atoms with van der Waals surface area (Å²) in [4.78, 5) is 26.8. The fourth-order valence-corrected chi connectivity index (χ4v) is 2.06. The molecule has 0 spiro atoms. The number of pyridine rings is 1. The second-order valence-electron chi connectivity index (χ2n) is 4.21. The van der Waals surface area contributed by atoms with Crippen LogP contribution in [0.15, 0.2) is 12.3 Å². The zero-order chi connectivity index (χ0) is 14.0. The van der Waals surface area contributed by atoms with Crippen LogP contribution in [0, 0.1) is 10.1 Å². The van der Waals surface area contributed by atoms with E-state index in [9.17, 15) is 14.9 Å². The highest BCUT2D eigenvalue weighted by atomic mass is 16.6. The average molecular weight is 267 g/mol. The van der Waals surface area contributed by atoms with Gasteiger partial charge in [0.2, 0.25) is 0 Å². The van der Waals surface area contributed by atoms with Crippen LogP contribution in [0.25, 0.3) is 0 Å². The van der Waals surface area contributed by atoms with E-state index in [0.29, 0.717) is 18.9 Å². The first kappa shape index (κ1) is 13.2. The zero-order valence-corrected chi connectivity index (χ0v) is 10.3. The van der Waals surface area contributed by atoms with Crippen molar-refractivity contribution in [3.63, 3.8) is 0 Å². The molecule has 8 nitrogen and oxygen atoms in total. The molecule has 1 N–H and O–H groups in total. The molecule has 102 valence electrons. The summed E-state index contributed by atoms with van der Waals surface area (Å²) in [5, 5.41) is 19.7. The minimum absolute atomic E-state index is 0.0743. The SMILES string of the molecule is COC1CCN(c2cc(C(=O)O)c([N+](=O)[O-])cn2)C1. The highest BCUT2D eigenvalue weighted by molar-refractivity contribution is 5.93. The first-order chi connectivity index (χ1) is 9.02. The van der Waals surface area contributed by atoms with E-state index in [-0.39, 0.29) is 11.7 Å². The molecule has 1 unspecified atom stereocenters. The Labute approximate surface area is 108 Å². The maximum Gasteiger partial charge on any atom is 0.342 e. The van der Waals surface area contributed by atoms with Crippen LogP contribution in [-0.2, 0) is 4.74 Å². The summed E-state index contributed by atoms with van der Waals surface area (Å²) in [6.45, 7) is 1.28. The summed E-state index contributed by atoms with van der Waals surface area (Å²) in [6.07, 6.45) is 1.88. The molecule has 0 aromatic carbocycles. The molecule has 0 aliphatic carbocycles. The molecule has 1 atom stereocenters. The molecule has 1 saturated heterocycles. The predicted octanol–water partition coefficient (Wildman–Crippen LogP) is 0.913. The van der Waals surface area contributed by atoms with Gasteiger partial charge in [-0.05, 0) is 6.42 Å². The van der Waals surface area contributed by atoms with Crippen LogP contribution >= 0.6 is 0 Å². The number of rotatable bonds is 4. The number of aromatic carboxylic acids is 1. The van der Waals surface area contributed by atoms with Crippen LogP contribution in [0.5, 0.6) is 0 Å². The third-order valence-electron chi connectivity index (χ3n) is 3.10. The highest BCUT2D eigenvalue weighted by Gasteiger charge is 2.27. The lowest BCUT2D eigenvalue weighted by Crippen LogP contribution is -2.23. The van der Waals surface area contributed by atoms with Crippen LogP contribution in [0.2, 0.25) is 0 Å². The van der Waals surface area contributed by atoms with Gasteiger partial charge in [0.25, 0.3) is 0 Å². The van der Waals surface area contributed by atoms with Gasteiger partial charge >= 0.3 is 11.7 Å². The molecule has 0 radical (unpaired) electrons. The number of nitrogens with zero attached hydrogens (tertiary/aromatic N) is 3. The number of hydrogen-bond donors (Lipinski definition) is 1. The Morgan fingerprint density at radius 3 is 2.95 bits per heavy atom. The van der Waals surface area contributed by atoms with Crippen molar-refractivity contribution in [2.24, 2.45) is 0 Å². The van der Waals surface area contributed by atoms with Crippen molar-refractivity contribution in [2.45, 2.75) is 12.5 Å². The molecule has 1 aliphatic heterocycles. The topological polar surface area (TPSA) is 106 Å². The number of aromatic nitrogens is 1. The molecule has 1 aromatic heterocycles. The fraction of sp³-hybridized carbons (Fsp3) is 0.455. The van der Waals surface area contributed by atoms with Crippen molar-refractivity contribution in [2.75, 3.05) is 25.1 Å². The van der Waals surface area contributed by atoms with Crippen LogP contribution < -0.4 is 4.90 Å². The second kappa shape index (κ2) is 5.19. The van der Waals surface area contributed by atoms with Gasteiger partial charge in [0.05, 0.1) is 11.0 Å². The minimum atomic E-state index is -1.34. The normalized spacial score (nSPS) is 18.6. The van der Waals surface area contributed by atoms with Gasteiger partial charge in [0.15, 0.2) is 0 Å². The van der Waals surface area contributed by atoms with Crippen molar-refractivity contribution in [1.82, 2.24) is 4.98 Å². The van der Waals surface area contributed by atoms with E-state index in [1.807, 2.05) is 4.90 Å². The van der Waals surface area contributed by atoms with E-state index in [1.165, 1.54) is 6.07 Å². The number of carboxylic acid groups (broad SMARTS) is 1. The summed E-state index contributed by atoms with van der Waals surface area (Å²) >= 11 is 0. The van der Waals surface area contributed by atoms with Gasteiger partial charge in [-0.25, -0.2) is 9.78 Å². The monoisotopic (exact) mass is 267 g/mol. The third-order valence-corrected chi connectivity index (χ3v) is 3.10. The number of hydrogen-bond acceptors (Lipinski definition) is 6. The Hall–Kier alpha value is -2.22. The number of carbonyl (C=O) groups is 1. The predicted molar refractivity (Wildman–Crippen MR) is 65.5 cm³/mol. The number of nitro groups is 1. The smallest absolute Gasteiger partial charge is 0.342 e. The third kappa shape index (κ3) is 2.63. The molecular formula is C11H13N3O5. The van der Waals surface area contributed by atoms with E-state index >= 15 is 0 Å². The Bertz CT molecular complexity index is 519. The van der Waals surface area contributed by atoms with Crippen molar-refractivity contribution >= 4 is 17.5 Å². The summed E-state index contributed by atoms with van der Waals surface area (Å²) in [6, 6.07) is 1.23. The van der Waals surface area contributed by atoms with Crippen LogP contribution in [0.4, 0.5) is 11.5 Å². The van der Waals surface area contributed by atoms with Crippen LogP contribution in [-0.4, -0.2) is 47.3 Å². The molecule has 0 amide bonds. The quantitative estimate of drug-likeness (QED) is 0.638. The molecule has 2 rings (SSSR count). The Kier molecular flexibility index (Phi) is 3.61. The molecule has 8 heteroatoms. The molecule has 19 heavy (non-hydrogen) atoms. The Balaban J connectivity index is 2.31. The minimum Gasteiger partial charge on any atom is -0.477 e. The summed E-state index contributed by atoms with van der Waals surface area (Å²) in [7, 11) is 1.61. The van der Waals surface area contributed by atoms with E-state index in [2.05, 4.69) is 4.98 Å². The standard InChI is InChI=1S/C11H13N3O5/c1-19-7-2-3-13(6-7)10-4-8(11(15)16)9(5-12-10)14(17)18/h4-5,7H,2-3,6H2,1H3,(H,15,16). The maximum absolute atomic E-state index is 11.0. The van der Waals surface area contributed by atoms with Gasteiger partial charge in [-0.15, -0.1) is 0 Å². The molecule has 1 aromatic rings. The highest BCUT2D eigenvalue weighted by Crippen LogP contribution is 2.25. The van der Waals surface area contributed by atoms with E-state index in [1.54, 1.807) is 7.11 Å². The van der Waals surface area contributed by atoms with Crippen LogP contribution in [0.1, 0.15) is 16.8 Å². The maximum atomic E-state index is 11.0. The second-order valence-corrected chi connectivity index (χ2v) is 4.21. The van der Waals surface area contributed by atoms with Crippen molar-refractivity contribution in [3.05, 3.63) is 27.9 Å². The van der Waals surface area contributed by atoms with Crippen LogP contribution in [0.3, 0.4) is 0 Å². The fourth-order valence-electron chi connectivity index (χ4n) is 2.06. The van der Waals surface area contributed by atoms with Crippen molar-refractivity contribution < 1.29 is 19.6 Å². The van der Waals surface area contributed by atoms with Gasteiger partial charge in [-0.2, -0.15) is 0 Å². The molecular weight excluding hydrogens is 254 g/mol. The lowest BCUT2D eigenvalue weighted by molar-refractivity contribution is -0.385. The van der Waals surface area contributed by atoms with Gasteiger partial charge in [0, 0.05) is 26.3 Å². The lowest BCUT2D eigenvalue weighted by Gasteiger charge is -2.17. The molecule has 2 heterocycles. The van der Waals surface area contributed by atoms with Gasteiger partial charge in [-0.1, -0.05) is 0 Å². The Morgan fingerprint density at radius 1 is 1.68 bits per heavy atom. The number of anilines is 1. The van der Waals surface area contributed by atoms with Gasteiger partial charge in [-0.3, -0.25) is 10.1 Å². The number of ether oxygens (including phenoxy) is 1. The van der Waals surface area contributed by atoms with Crippen molar-refractivity contribution in [1.29, 1.82) is 0 Å². The number of methoxy groups -OCH3 is 1. The first-order valence-corrected chi connectivity index (χ1v) is 5.68. The molecule has 0 bridgehead atoms. The Morgan fingerprint density at radius 2 is 2.42 bits per heavy atom. The average Bonchev–Trinajstić information content (AvgIpc) is 2.86. The lowest BCUT2D eigenvalue weighted by atomic mass is 10.2. The van der Waals surface area contributed by atoms with E-state index in [0.717, 1.165) is 12.6 Å². The van der Waals surface area contributed by atoms with Gasteiger partial charge < -0.3 is 14.7 Å². The molecule has 0 saturated carbocycles. The number of carboxylic acids is 1. The van der Waals surface area contributed by atoms with E-state index < -0.39 is 16.6 Å². The summed E-state index contributed by atoms with van der Waals surface area (Å²) in [5.41, 5.74) is -0.852.